The third-order valence-corrected chi connectivity index (χ3v) is 9.17. The fourth-order valence-corrected chi connectivity index (χ4v) is 6.66. The Bertz CT molecular complexity index is 2350. The van der Waals surface area contributed by atoms with Crippen LogP contribution in [0, 0.1) is 0 Å². The summed E-state index contributed by atoms with van der Waals surface area (Å²) in [4.78, 5) is 73.0. The summed E-state index contributed by atoms with van der Waals surface area (Å²) in [6.07, 6.45) is 0. The molecule has 0 bridgehead atoms. The predicted molar refractivity (Wildman–Crippen MR) is 189 cm³/mol. The van der Waals surface area contributed by atoms with E-state index in [1.54, 1.807) is 133 Å². The second-order valence-corrected chi connectivity index (χ2v) is 12.4. The zero-order valence-electron chi connectivity index (χ0n) is 25.9. The summed E-state index contributed by atoms with van der Waals surface area (Å²) >= 11 is 11.8. The molecular formula is C42H22Cl2O6. The second-order valence-electron chi connectivity index (χ2n) is 11.5. The van der Waals surface area contributed by atoms with Gasteiger partial charge in [0.2, 0.25) is 0 Å². The van der Waals surface area contributed by atoms with E-state index in [1.807, 2.05) is 0 Å². The van der Waals surface area contributed by atoms with Gasteiger partial charge >= 0.3 is 0 Å². The van der Waals surface area contributed by atoms with Crippen molar-refractivity contribution >= 4 is 57.9 Å². The van der Waals surface area contributed by atoms with E-state index in [-0.39, 0.29) is 34.7 Å². The van der Waals surface area contributed by atoms with Crippen LogP contribution in [0.5, 0.6) is 0 Å². The van der Waals surface area contributed by atoms with E-state index in [2.05, 4.69) is 0 Å². The van der Waals surface area contributed by atoms with Crippen molar-refractivity contribution in [3.63, 3.8) is 0 Å². The van der Waals surface area contributed by atoms with Crippen molar-refractivity contribution < 1.29 is 28.8 Å². The minimum atomic E-state index is -0.180. The summed E-state index contributed by atoms with van der Waals surface area (Å²) in [5, 5.41) is 0.791. The van der Waals surface area contributed by atoms with E-state index in [0.29, 0.717) is 76.8 Å². The van der Waals surface area contributed by atoms with Gasteiger partial charge in [0.15, 0.2) is 34.7 Å². The number of hydrogen-bond acceptors (Lipinski definition) is 6. The number of fused-ring (bicyclic) bond motifs is 6. The van der Waals surface area contributed by atoms with Crippen LogP contribution in [0.1, 0.15) is 95.5 Å². The lowest BCUT2D eigenvalue weighted by atomic mass is 9.84. The first-order valence-corrected chi connectivity index (χ1v) is 16.2. The number of ketones is 6. The number of rotatable bonds is 0. The van der Waals surface area contributed by atoms with E-state index in [0.717, 1.165) is 0 Å². The molecule has 6 aromatic rings. The molecular weight excluding hydrogens is 671 g/mol. The highest BCUT2D eigenvalue weighted by molar-refractivity contribution is 6.39. The Morgan fingerprint density at radius 2 is 0.580 bits per heavy atom. The summed E-state index contributed by atoms with van der Waals surface area (Å²) in [6, 6.07) is 37.3. The van der Waals surface area contributed by atoms with E-state index in [9.17, 15) is 28.8 Å². The van der Waals surface area contributed by atoms with Crippen LogP contribution in [0.3, 0.4) is 0 Å². The van der Waals surface area contributed by atoms with Crippen molar-refractivity contribution in [3.05, 3.63) is 210 Å². The largest absolute Gasteiger partial charge is 0.289 e. The standard InChI is InChI=1S/2C14H7ClO2.C14H8O2/c15-11-7-3-6-10-12(11)14(17)9-5-2-1-4-8(9)13(10)16;15-8-5-6-11-12(7-8)14(17)10-4-2-1-3-9(10)13(11)16;15-13-9-5-1-2-6-10(9)14(16)12-8-4-3-7-11(12)13/h2*1-7H;1-8H. The topological polar surface area (TPSA) is 102 Å². The van der Waals surface area contributed by atoms with Crippen LogP contribution >= 0.6 is 23.2 Å². The van der Waals surface area contributed by atoms with Crippen LogP contribution in [-0.4, -0.2) is 34.7 Å². The monoisotopic (exact) mass is 692 g/mol. The van der Waals surface area contributed by atoms with Gasteiger partial charge in [-0.3, -0.25) is 28.8 Å². The smallest absolute Gasteiger partial charge is 0.196 e. The minimum absolute atomic E-state index is 0.0641. The van der Waals surface area contributed by atoms with Crippen LogP contribution in [-0.2, 0) is 0 Å². The fraction of sp³-hybridized carbons (Fsp3) is 0. The molecule has 3 aliphatic carbocycles. The van der Waals surface area contributed by atoms with Crippen molar-refractivity contribution in [1.82, 2.24) is 0 Å². The zero-order chi connectivity index (χ0) is 35.1. The molecule has 240 valence electrons. The number of carbonyl (C=O) groups is 6. The molecule has 6 aromatic carbocycles. The van der Waals surface area contributed by atoms with Crippen molar-refractivity contribution in [1.29, 1.82) is 0 Å². The molecule has 8 heteroatoms. The highest BCUT2D eigenvalue weighted by Crippen LogP contribution is 2.32. The van der Waals surface area contributed by atoms with Crippen molar-refractivity contribution in [2.45, 2.75) is 0 Å². The first-order valence-electron chi connectivity index (χ1n) is 15.4. The lowest BCUT2D eigenvalue weighted by molar-refractivity contribution is 0.0979. The average molecular weight is 694 g/mol. The normalized spacial score (nSPS) is 13.2. The second kappa shape index (κ2) is 13.1. The van der Waals surface area contributed by atoms with E-state index < -0.39 is 0 Å². The Morgan fingerprint density at radius 1 is 0.280 bits per heavy atom. The van der Waals surface area contributed by atoms with Crippen LogP contribution in [0.15, 0.2) is 133 Å². The van der Waals surface area contributed by atoms with E-state index in [1.165, 1.54) is 0 Å². The zero-order valence-corrected chi connectivity index (χ0v) is 27.4. The molecule has 0 amide bonds. The van der Waals surface area contributed by atoms with Gasteiger partial charge in [-0.15, -0.1) is 0 Å². The highest BCUT2D eigenvalue weighted by Gasteiger charge is 2.32. The Balaban J connectivity index is 0.000000118. The third kappa shape index (κ3) is 5.50. The van der Waals surface area contributed by atoms with Crippen LogP contribution in [0.4, 0.5) is 0 Å². The number of benzene rings is 6. The molecule has 3 aliphatic rings. The summed E-state index contributed by atoms with van der Waals surface area (Å²) in [5.41, 5.74) is 5.35. The molecule has 0 spiro atoms. The third-order valence-electron chi connectivity index (χ3n) is 8.62. The van der Waals surface area contributed by atoms with Gasteiger partial charge in [-0.05, 0) is 24.3 Å². The maximum atomic E-state index is 12.2. The quantitative estimate of drug-likeness (QED) is 0.158. The Morgan fingerprint density at radius 3 is 0.980 bits per heavy atom. The molecule has 0 atom stereocenters. The molecule has 0 saturated heterocycles. The molecule has 9 rings (SSSR count). The van der Waals surface area contributed by atoms with Gasteiger partial charge in [-0.25, -0.2) is 0 Å². The molecule has 0 unspecified atom stereocenters. The number of carbonyl (C=O) groups excluding carboxylic acids is 6. The molecule has 0 aromatic heterocycles. The van der Waals surface area contributed by atoms with Gasteiger partial charge in [0.1, 0.15) is 0 Å². The first kappa shape index (κ1) is 32.5. The van der Waals surface area contributed by atoms with Crippen LogP contribution in [0.25, 0.3) is 0 Å². The molecule has 0 N–H and O–H groups in total. The van der Waals surface area contributed by atoms with E-state index >= 15 is 0 Å². The number of hydrogen-bond donors (Lipinski definition) is 0. The molecule has 0 saturated carbocycles. The fourth-order valence-electron chi connectivity index (χ4n) is 6.22. The summed E-state index contributed by atoms with van der Waals surface area (Å²) in [5.74, 6) is -0.709. The lowest BCUT2D eigenvalue weighted by Crippen LogP contribution is -2.21. The summed E-state index contributed by atoms with van der Waals surface area (Å²) in [7, 11) is 0. The highest BCUT2D eigenvalue weighted by atomic mass is 35.5. The van der Waals surface area contributed by atoms with Gasteiger partial charge in [0, 0.05) is 66.2 Å². The van der Waals surface area contributed by atoms with Gasteiger partial charge in [-0.2, -0.15) is 0 Å². The van der Waals surface area contributed by atoms with Crippen molar-refractivity contribution in [2.75, 3.05) is 0 Å². The minimum Gasteiger partial charge on any atom is -0.289 e. The van der Waals surface area contributed by atoms with Gasteiger partial charge in [-0.1, -0.05) is 132 Å². The van der Waals surface area contributed by atoms with Gasteiger partial charge < -0.3 is 0 Å². The van der Waals surface area contributed by atoms with Crippen molar-refractivity contribution in [3.8, 4) is 0 Å². The molecule has 0 radical (unpaired) electrons. The Labute approximate surface area is 295 Å². The van der Waals surface area contributed by atoms with Gasteiger partial charge in [0.05, 0.1) is 10.6 Å². The lowest BCUT2D eigenvalue weighted by Gasteiger charge is -2.17. The summed E-state index contributed by atoms with van der Waals surface area (Å²) < 4.78 is 0. The Kier molecular flexibility index (Phi) is 8.50. The van der Waals surface area contributed by atoms with Gasteiger partial charge in [0.25, 0.3) is 0 Å². The van der Waals surface area contributed by atoms with Crippen LogP contribution in [0.2, 0.25) is 10.0 Å². The average Bonchev–Trinajstić information content (AvgIpc) is 3.15. The maximum absolute atomic E-state index is 12.2. The Hall–Kier alpha value is -6.08. The molecule has 0 heterocycles. The SMILES string of the molecule is O=C1c2ccccc2C(=O)c2c(Cl)cccc21.O=C1c2ccccc2C(=O)c2cc(Cl)ccc21.O=C1c2ccccc2C(=O)c2ccccc21. The van der Waals surface area contributed by atoms with E-state index in [4.69, 9.17) is 23.2 Å². The molecule has 0 aliphatic heterocycles. The first-order chi connectivity index (χ1) is 24.2. The molecule has 50 heavy (non-hydrogen) atoms. The van der Waals surface area contributed by atoms with Crippen molar-refractivity contribution in [2.24, 2.45) is 0 Å². The molecule has 6 nitrogen and oxygen atoms in total. The molecule has 0 fully saturated rings. The summed E-state index contributed by atoms with van der Waals surface area (Å²) in [6.45, 7) is 0. The number of halogens is 2. The van der Waals surface area contributed by atoms with Crippen LogP contribution < -0.4 is 0 Å². The predicted octanol–water partition coefficient (Wildman–Crippen LogP) is 8.69. The maximum Gasteiger partial charge on any atom is 0.196 e.